The van der Waals surface area contributed by atoms with Gasteiger partial charge in [0, 0.05) is 11.6 Å². The van der Waals surface area contributed by atoms with Crippen LogP contribution in [0.15, 0.2) is 30.3 Å². The SMILES string of the molecule is C[C@H]1CCCC[C@H]1NC(=O)C[NH+](C)Cc1ccccc1. The number of hydrogen-bond donors (Lipinski definition) is 2. The summed E-state index contributed by atoms with van der Waals surface area (Å²) in [6, 6.07) is 10.7. The van der Waals surface area contributed by atoms with Crippen LogP contribution in [0.25, 0.3) is 0 Å². The van der Waals surface area contributed by atoms with Gasteiger partial charge >= 0.3 is 0 Å². The summed E-state index contributed by atoms with van der Waals surface area (Å²) in [7, 11) is 2.08. The number of benzene rings is 1. The minimum Gasteiger partial charge on any atom is -0.348 e. The van der Waals surface area contributed by atoms with Crippen LogP contribution in [0.4, 0.5) is 0 Å². The summed E-state index contributed by atoms with van der Waals surface area (Å²) in [5, 5.41) is 3.23. The van der Waals surface area contributed by atoms with E-state index in [9.17, 15) is 4.79 Å². The minimum atomic E-state index is 0.192. The van der Waals surface area contributed by atoms with Crippen molar-refractivity contribution in [2.24, 2.45) is 5.92 Å². The molecule has 20 heavy (non-hydrogen) atoms. The average molecular weight is 275 g/mol. The molecule has 3 heteroatoms. The van der Waals surface area contributed by atoms with Crippen LogP contribution in [0.1, 0.15) is 38.2 Å². The Balaban J connectivity index is 1.76. The summed E-state index contributed by atoms with van der Waals surface area (Å²) in [6.07, 6.45) is 4.96. The molecule has 3 atom stereocenters. The Morgan fingerprint density at radius 3 is 2.65 bits per heavy atom. The van der Waals surface area contributed by atoms with Gasteiger partial charge in [0.2, 0.25) is 0 Å². The number of rotatable bonds is 5. The number of quaternary nitrogens is 1. The molecule has 1 fully saturated rings. The van der Waals surface area contributed by atoms with Crippen LogP contribution >= 0.6 is 0 Å². The Kier molecular flexibility index (Phi) is 5.60. The fraction of sp³-hybridized carbons (Fsp3) is 0.588. The molecule has 2 N–H and O–H groups in total. The summed E-state index contributed by atoms with van der Waals surface area (Å²) in [5.41, 5.74) is 1.28. The van der Waals surface area contributed by atoms with Gasteiger partial charge in [-0.05, 0) is 18.8 Å². The van der Waals surface area contributed by atoms with Crippen molar-refractivity contribution in [2.75, 3.05) is 13.6 Å². The molecule has 0 heterocycles. The van der Waals surface area contributed by atoms with Gasteiger partial charge in [0.15, 0.2) is 6.54 Å². The number of nitrogens with one attached hydrogen (secondary N) is 2. The van der Waals surface area contributed by atoms with Gasteiger partial charge in [-0.2, -0.15) is 0 Å². The molecule has 1 unspecified atom stereocenters. The number of carbonyl (C=O) groups excluding carboxylic acids is 1. The van der Waals surface area contributed by atoms with Crippen LogP contribution in [0.5, 0.6) is 0 Å². The third-order valence-electron chi connectivity index (χ3n) is 4.27. The Hall–Kier alpha value is -1.35. The summed E-state index contributed by atoms with van der Waals surface area (Å²) in [6.45, 7) is 3.71. The molecule has 1 aliphatic rings. The van der Waals surface area contributed by atoms with Crippen molar-refractivity contribution in [2.45, 2.75) is 45.2 Å². The molecule has 3 nitrogen and oxygen atoms in total. The first-order valence-corrected chi connectivity index (χ1v) is 7.79. The summed E-state index contributed by atoms with van der Waals surface area (Å²) >= 11 is 0. The molecule has 1 aromatic rings. The van der Waals surface area contributed by atoms with E-state index < -0.39 is 0 Å². The van der Waals surface area contributed by atoms with E-state index in [4.69, 9.17) is 0 Å². The predicted molar refractivity (Wildman–Crippen MR) is 81.5 cm³/mol. The van der Waals surface area contributed by atoms with Gasteiger partial charge in [0.25, 0.3) is 5.91 Å². The van der Waals surface area contributed by atoms with Crippen molar-refractivity contribution < 1.29 is 9.69 Å². The third kappa shape index (κ3) is 4.64. The highest BCUT2D eigenvalue weighted by Gasteiger charge is 2.23. The van der Waals surface area contributed by atoms with Crippen LogP contribution < -0.4 is 10.2 Å². The number of hydrogen-bond acceptors (Lipinski definition) is 1. The minimum absolute atomic E-state index is 0.192. The van der Waals surface area contributed by atoms with E-state index in [1.165, 1.54) is 29.7 Å². The van der Waals surface area contributed by atoms with Gasteiger partial charge in [-0.1, -0.05) is 50.1 Å². The molecule has 1 aliphatic carbocycles. The second-order valence-corrected chi connectivity index (χ2v) is 6.23. The lowest BCUT2D eigenvalue weighted by Crippen LogP contribution is -3.09. The first-order valence-electron chi connectivity index (χ1n) is 7.79. The summed E-state index contributed by atoms with van der Waals surface area (Å²) in [5.74, 6) is 0.819. The van der Waals surface area contributed by atoms with Gasteiger partial charge in [0.1, 0.15) is 6.54 Å². The lowest BCUT2D eigenvalue weighted by molar-refractivity contribution is -0.885. The Labute approximate surface area is 122 Å². The van der Waals surface area contributed by atoms with E-state index in [1.54, 1.807) is 0 Å². The van der Waals surface area contributed by atoms with Crippen LogP contribution in [0, 0.1) is 5.92 Å². The Morgan fingerprint density at radius 2 is 1.95 bits per heavy atom. The lowest BCUT2D eigenvalue weighted by Gasteiger charge is -2.29. The average Bonchev–Trinajstić information content (AvgIpc) is 2.42. The molecule has 2 rings (SSSR count). The van der Waals surface area contributed by atoms with Crippen molar-refractivity contribution in [3.05, 3.63) is 35.9 Å². The predicted octanol–water partition coefficient (Wildman–Crippen LogP) is 1.40. The van der Waals surface area contributed by atoms with Crippen LogP contribution in [0.3, 0.4) is 0 Å². The van der Waals surface area contributed by atoms with E-state index >= 15 is 0 Å². The molecule has 1 amide bonds. The smallest absolute Gasteiger partial charge is 0.275 e. The van der Waals surface area contributed by atoms with E-state index in [2.05, 4.69) is 31.4 Å². The van der Waals surface area contributed by atoms with Crippen LogP contribution in [-0.4, -0.2) is 25.5 Å². The molecule has 1 saturated carbocycles. The number of likely N-dealkylation sites (N-methyl/N-ethyl adjacent to an activating group) is 1. The normalized spacial score (nSPS) is 24.1. The monoisotopic (exact) mass is 275 g/mol. The molecular formula is C17H27N2O+. The highest BCUT2D eigenvalue weighted by molar-refractivity contribution is 5.77. The quantitative estimate of drug-likeness (QED) is 0.837. The van der Waals surface area contributed by atoms with Crippen molar-refractivity contribution >= 4 is 5.91 Å². The van der Waals surface area contributed by atoms with Crippen molar-refractivity contribution in [3.8, 4) is 0 Å². The van der Waals surface area contributed by atoms with Crippen LogP contribution in [0.2, 0.25) is 0 Å². The molecule has 0 spiro atoms. The van der Waals surface area contributed by atoms with E-state index in [0.29, 0.717) is 18.5 Å². The van der Waals surface area contributed by atoms with Gasteiger partial charge < -0.3 is 10.2 Å². The van der Waals surface area contributed by atoms with Gasteiger partial charge in [-0.3, -0.25) is 4.79 Å². The maximum atomic E-state index is 12.1. The second kappa shape index (κ2) is 7.44. The van der Waals surface area contributed by atoms with Crippen molar-refractivity contribution in [1.29, 1.82) is 0 Å². The highest BCUT2D eigenvalue weighted by Crippen LogP contribution is 2.23. The zero-order valence-electron chi connectivity index (χ0n) is 12.7. The van der Waals surface area contributed by atoms with Crippen molar-refractivity contribution in [3.63, 3.8) is 0 Å². The number of carbonyl (C=O) groups is 1. The molecular weight excluding hydrogens is 248 g/mol. The summed E-state index contributed by atoms with van der Waals surface area (Å²) in [4.78, 5) is 13.4. The Morgan fingerprint density at radius 1 is 1.25 bits per heavy atom. The fourth-order valence-corrected chi connectivity index (χ4v) is 3.07. The highest BCUT2D eigenvalue weighted by atomic mass is 16.2. The Bertz CT molecular complexity index is 418. The first-order chi connectivity index (χ1) is 9.65. The van der Waals surface area contributed by atoms with Crippen molar-refractivity contribution in [1.82, 2.24) is 5.32 Å². The topological polar surface area (TPSA) is 33.5 Å². The molecule has 0 radical (unpaired) electrons. The zero-order valence-corrected chi connectivity index (χ0v) is 12.7. The molecule has 0 aliphatic heterocycles. The maximum absolute atomic E-state index is 12.1. The first kappa shape index (κ1) is 15.0. The van der Waals surface area contributed by atoms with Gasteiger partial charge in [-0.15, -0.1) is 0 Å². The third-order valence-corrected chi connectivity index (χ3v) is 4.27. The molecule has 1 aromatic carbocycles. The number of amides is 1. The largest absolute Gasteiger partial charge is 0.348 e. The maximum Gasteiger partial charge on any atom is 0.275 e. The van der Waals surface area contributed by atoms with Gasteiger partial charge in [0.05, 0.1) is 7.05 Å². The summed E-state index contributed by atoms with van der Waals surface area (Å²) < 4.78 is 0. The van der Waals surface area contributed by atoms with Crippen LogP contribution in [-0.2, 0) is 11.3 Å². The van der Waals surface area contributed by atoms with E-state index in [1.807, 2.05) is 18.2 Å². The fourth-order valence-electron chi connectivity index (χ4n) is 3.07. The molecule has 110 valence electrons. The second-order valence-electron chi connectivity index (χ2n) is 6.23. The zero-order chi connectivity index (χ0) is 14.4. The van der Waals surface area contributed by atoms with Gasteiger partial charge in [-0.25, -0.2) is 0 Å². The van der Waals surface area contributed by atoms with E-state index in [0.717, 1.165) is 13.0 Å². The molecule has 0 bridgehead atoms. The lowest BCUT2D eigenvalue weighted by atomic mass is 9.86. The molecule has 0 saturated heterocycles. The standard InChI is InChI=1S/C17H26N2O/c1-14-8-6-7-11-16(14)18-17(20)13-19(2)12-15-9-4-3-5-10-15/h3-5,9-10,14,16H,6-8,11-13H2,1-2H3,(H,18,20)/p+1/t14-,16+/m0/s1. The van der Waals surface area contributed by atoms with E-state index in [-0.39, 0.29) is 5.91 Å². The molecule has 0 aromatic heterocycles.